The summed E-state index contributed by atoms with van der Waals surface area (Å²) in [6, 6.07) is 0. The summed E-state index contributed by atoms with van der Waals surface area (Å²) in [6.45, 7) is 9.02. The van der Waals surface area contributed by atoms with Crippen LogP contribution in [0.4, 0.5) is 0 Å². The van der Waals surface area contributed by atoms with Gasteiger partial charge in [-0.15, -0.1) is 0 Å². The minimum Gasteiger partial charge on any atom is -0.550 e. The van der Waals surface area contributed by atoms with E-state index in [1.807, 2.05) is 0 Å². The van der Waals surface area contributed by atoms with Gasteiger partial charge in [-0.3, -0.25) is 0 Å². The number of carboxylic acids is 2. The molecule has 0 aliphatic rings. The smallest absolute Gasteiger partial charge is 0.550 e. The van der Waals surface area contributed by atoms with E-state index < -0.39 is 11.9 Å². The molecule has 0 aliphatic carbocycles. The molecule has 0 N–H and O–H groups in total. The maximum atomic E-state index is 10.3. The summed E-state index contributed by atoms with van der Waals surface area (Å²) >= 11 is 0. The normalized spacial score (nSPS) is 12.2. The molecule has 0 amide bonds. The van der Waals surface area contributed by atoms with E-state index in [-0.39, 0.29) is 50.6 Å². The molecule has 0 saturated carbocycles. The van der Waals surface area contributed by atoms with E-state index in [1.54, 1.807) is 0 Å². The molecule has 0 aliphatic heterocycles. The molecule has 0 radical (unpaired) electrons. The number of aliphatic carboxylic acids is 2. The molecule has 0 aromatic heterocycles. The molecule has 0 spiro atoms. The maximum absolute atomic E-state index is 10.3. The fourth-order valence-corrected chi connectivity index (χ4v) is 5.79. The average molecular weight is 635 g/mol. The number of hydrogen-bond donors (Lipinski definition) is 0. The Labute approximate surface area is 299 Å². The van der Waals surface area contributed by atoms with E-state index in [1.165, 1.54) is 154 Å². The van der Waals surface area contributed by atoms with Crippen LogP contribution >= 0.6 is 0 Å². The molecule has 4 nitrogen and oxygen atoms in total. The number of carboxylic acid groups (broad SMARTS) is 2. The van der Waals surface area contributed by atoms with Crippen molar-refractivity contribution in [1.82, 2.24) is 0 Å². The Kier molecular flexibility index (Phi) is 44.5. The molecular formula is C38H74CaO4. The average Bonchev–Trinajstić information content (AvgIpc) is 2.94. The fourth-order valence-electron chi connectivity index (χ4n) is 5.79. The Morgan fingerprint density at radius 1 is 0.395 bits per heavy atom. The summed E-state index contributed by atoms with van der Waals surface area (Å²) in [6.07, 6.45) is 37.1. The molecule has 2 unspecified atom stereocenters. The minimum absolute atomic E-state index is 0. The van der Waals surface area contributed by atoms with Crippen molar-refractivity contribution in [3.8, 4) is 0 Å². The van der Waals surface area contributed by atoms with Crippen LogP contribution in [0.3, 0.4) is 0 Å². The van der Waals surface area contributed by atoms with Gasteiger partial charge in [-0.05, 0) is 37.5 Å². The van der Waals surface area contributed by atoms with E-state index >= 15 is 0 Å². The Bertz CT molecular complexity index is 506. The summed E-state index contributed by atoms with van der Waals surface area (Å²) in [5, 5.41) is 20.7. The van der Waals surface area contributed by atoms with E-state index in [0.717, 1.165) is 25.7 Å². The molecule has 43 heavy (non-hydrogen) atoms. The first-order valence-corrected chi connectivity index (χ1v) is 18.7. The molecule has 0 heterocycles. The molecule has 2 atom stereocenters. The van der Waals surface area contributed by atoms with Crippen LogP contribution in [0.2, 0.25) is 0 Å². The van der Waals surface area contributed by atoms with Gasteiger partial charge in [0, 0.05) is 11.9 Å². The molecule has 252 valence electrons. The largest absolute Gasteiger partial charge is 2.00 e. The molecular weight excluding hydrogens is 560 g/mol. The second-order valence-corrected chi connectivity index (χ2v) is 13.4. The number of carbonyl (C=O) groups is 2. The summed E-state index contributed by atoms with van der Waals surface area (Å²) in [4.78, 5) is 20.7. The molecule has 0 aromatic rings. The van der Waals surface area contributed by atoms with E-state index in [0.29, 0.717) is 11.8 Å². The molecule has 0 saturated heterocycles. The van der Waals surface area contributed by atoms with Crippen molar-refractivity contribution in [2.75, 3.05) is 0 Å². The van der Waals surface area contributed by atoms with Gasteiger partial charge in [0.2, 0.25) is 0 Å². The predicted octanol–water partition coefficient (Wildman–Crippen LogP) is 10.1. The molecule has 0 aromatic carbocycles. The number of rotatable bonds is 32. The zero-order chi connectivity index (χ0) is 31.5. The van der Waals surface area contributed by atoms with Gasteiger partial charge in [0.15, 0.2) is 0 Å². The van der Waals surface area contributed by atoms with Crippen LogP contribution in [-0.2, 0) is 9.59 Å². The van der Waals surface area contributed by atoms with Gasteiger partial charge in [0.05, 0.1) is 0 Å². The predicted molar refractivity (Wildman–Crippen MR) is 184 cm³/mol. The zero-order valence-electron chi connectivity index (χ0n) is 29.7. The summed E-state index contributed by atoms with van der Waals surface area (Å²) in [5.74, 6) is -0.473. The van der Waals surface area contributed by atoms with Crippen LogP contribution in [0.25, 0.3) is 0 Å². The van der Waals surface area contributed by atoms with E-state index in [4.69, 9.17) is 0 Å². The third-order valence-electron chi connectivity index (χ3n) is 8.76. The Hall–Kier alpha value is 0.200. The first-order valence-electron chi connectivity index (χ1n) is 18.7. The van der Waals surface area contributed by atoms with Crippen LogP contribution in [0, 0.1) is 11.8 Å². The maximum Gasteiger partial charge on any atom is 2.00 e. The quantitative estimate of drug-likeness (QED) is 0.0545. The fraction of sp³-hybridized carbons (Fsp3) is 0.947. The van der Waals surface area contributed by atoms with Gasteiger partial charge in [0.25, 0.3) is 0 Å². The Morgan fingerprint density at radius 3 is 0.837 bits per heavy atom. The van der Waals surface area contributed by atoms with Gasteiger partial charge < -0.3 is 19.8 Å². The first kappa shape index (κ1) is 47.6. The van der Waals surface area contributed by atoms with Crippen LogP contribution in [0.15, 0.2) is 0 Å². The summed E-state index contributed by atoms with van der Waals surface area (Å²) in [5.41, 5.74) is 0. The van der Waals surface area contributed by atoms with Gasteiger partial charge in [-0.1, -0.05) is 195 Å². The second-order valence-electron chi connectivity index (χ2n) is 13.4. The first-order chi connectivity index (χ1) is 20.3. The standard InChI is InChI=1S/2C19H38O2.Ca/c2*1-3-4-5-6-7-8-9-10-11-12-13-15-18(2)16-14-17-19(20)21;/h2*18H,3-17H2,1-2H3,(H,20,21);/q;;+2/p-2. The minimum atomic E-state index is -0.906. The van der Waals surface area contributed by atoms with Crippen molar-refractivity contribution in [2.24, 2.45) is 11.8 Å². The second kappa shape index (κ2) is 40.2. The topological polar surface area (TPSA) is 80.3 Å². The number of hydrogen-bond acceptors (Lipinski definition) is 4. The van der Waals surface area contributed by atoms with E-state index in [9.17, 15) is 19.8 Å². The third kappa shape index (κ3) is 46.7. The molecule has 0 bridgehead atoms. The van der Waals surface area contributed by atoms with Gasteiger partial charge in [-0.2, -0.15) is 0 Å². The zero-order valence-corrected chi connectivity index (χ0v) is 31.9. The van der Waals surface area contributed by atoms with Crippen molar-refractivity contribution in [3.05, 3.63) is 0 Å². The summed E-state index contributed by atoms with van der Waals surface area (Å²) < 4.78 is 0. The number of unbranched alkanes of at least 4 members (excludes halogenated alkanes) is 20. The van der Waals surface area contributed by atoms with Crippen molar-refractivity contribution in [3.63, 3.8) is 0 Å². The van der Waals surface area contributed by atoms with Gasteiger partial charge >= 0.3 is 37.7 Å². The summed E-state index contributed by atoms with van der Waals surface area (Å²) in [7, 11) is 0. The third-order valence-corrected chi connectivity index (χ3v) is 8.76. The van der Waals surface area contributed by atoms with Crippen LogP contribution < -0.4 is 10.2 Å². The van der Waals surface area contributed by atoms with Crippen LogP contribution in [0.5, 0.6) is 0 Å². The van der Waals surface area contributed by atoms with Crippen LogP contribution in [0.1, 0.15) is 220 Å². The monoisotopic (exact) mass is 635 g/mol. The Morgan fingerprint density at radius 2 is 0.605 bits per heavy atom. The molecule has 0 fully saturated rings. The molecule has 5 heteroatoms. The molecule has 0 rings (SSSR count). The van der Waals surface area contributed by atoms with Gasteiger partial charge in [0.1, 0.15) is 0 Å². The van der Waals surface area contributed by atoms with Crippen molar-refractivity contribution in [2.45, 2.75) is 220 Å². The van der Waals surface area contributed by atoms with Crippen molar-refractivity contribution >= 4 is 49.7 Å². The van der Waals surface area contributed by atoms with Crippen LogP contribution in [-0.4, -0.2) is 49.7 Å². The van der Waals surface area contributed by atoms with Crippen molar-refractivity contribution in [1.29, 1.82) is 0 Å². The van der Waals surface area contributed by atoms with Gasteiger partial charge in [-0.25, -0.2) is 0 Å². The Balaban J connectivity index is -0.000000727. The SMILES string of the molecule is CCCCCCCCCCCCCC(C)CCCC(=O)[O-].CCCCCCCCCCCCCC(C)CCCC(=O)[O-].[Ca+2]. The van der Waals surface area contributed by atoms with E-state index in [2.05, 4.69) is 27.7 Å². The number of carbonyl (C=O) groups excluding carboxylic acids is 2. The van der Waals surface area contributed by atoms with Crippen molar-refractivity contribution < 1.29 is 19.8 Å².